The summed E-state index contributed by atoms with van der Waals surface area (Å²) < 4.78 is 17.3. The third-order valence-corrected chi connectivity index (χ3v) is 8.83. The fourth-order valence-corrected chi connectivity index (χ4v) is 6.39. The van der Waals surface area contributed by atoms with Crippen LogP contribution < -0.4 is 4.90 Å². The summed E-state index contributed by atoms with van der Waals surface area (Å²) in [5.41, 5.74) is 6.50. The minimum atomic E-state index is -0.812. The van der Waals surface area contributed by atoms with Crippen molar-refractivity contribution in [2.24, 2.45) is 5.92 Å². The summed E-state index contributed by atoms with van der Waals surface area (Å²) in [6.45, 7) is 3.73. The Bertz CT molecular complexity index is 1660. The van der Waals surface area contributed by atoms with Crippen LogP contribution in [0.3, 0.4) is 0 Å². The van der Waals surface area contributed by atoms with Gasteiger partial charge in [-0.3, -0.25) is 9.59 Å². The van der Waals surface area contributed by atoms with Gasteiger partial charge in [-0.2, -0.15) is 0 Å². The van der Waals surface area contributed by atoms with Gasteiger partial charge in [0.25, 0.3) is 5.91 Å². The van der Waals surface area contributed by atoms with Crippen LogP contribution in [0.4, 0.5) is 10.1 Å². The van der Waals surface area contributed by atoms with Crippen molar-refractivity contribution in [2.45, 2.75) is 44.6 Å². The standard InChI is InChI=1S/C32H31FN4O3/c1-19-25-5-3-2-4-20(25)11-13-37(19)31(38)23-14-27(21-6-7-21)30-34-29(18-36(30)17-23)26-9-8-24(15-28(26)33)35-12-10-22(16-35)32(39)40/h2-5,8-9,14-15,17-19,21-22H,6-7,10-13,16H2,1H3,(H,39,40)/t19-,22?/m1/s1. The fourth-order valence-electron chi connectivity index (χ4n) is 6.39. The maximum Gasteiger partial charge on any atom is 0.308 e. The summed E-state index contributed by atoms with van der Waals surface area (Å²) in [5, 5.41) is 9.31. The second-order valence-electron chi connectivity index (χ2n) is 11.4. The van der Waals surface area contributed by atoms with Crippen molar-refractivity contribution in [3.05, 3.63) is 89.0 Å². The van der Waals surface area contributed by atoms with E-state index in [4.69, 9.17) is 4.98 Å². The zero-order valence-electron chi connectivity index (χ0n) is 22.4. The van der Waals surface area contributed by atoms with Gasteiger partial charge in [0, 0.05) is 43.3 Å². The van der Waals surface area contributed by atoms with Crippen LogP contribution in [0.2, 0.25) is 0 Å². The highest BCUT2D eigenvalue weighted by Gasteiger charge is 2.32. The van der Waals surface area contributed by atoms with Gasteiger partial charge in [0.15, 0.2) is 0 Å². The average Bonchev–Trinajstić information content (AvgIpc) is 3.51. The average molecular weight is 539 g/mol. The lowest BCUT2D eigenvalue weighted by atomic mass is 9.93. The van der Waals surface area contributed by atoms with E-state index in [0.717, 1.165) is 30.5 Å². The minimum absolute atomic E-state index is 0.00173. The number of amides is 1. The molecule has 2 aromatic carbocycles. The summed E-state index contributed by atoms with van der Waals surface area (Å²) in [6.07, 6.45) is 7.14. The maximum absolute atomic E-state index is 15.4. The molecule has 7 nitrogen and oxygen atoms in total. The normalized spacial score (nSPS) is 20.6. The van der Waals surface area contributed by atoms with Crippen LogP contribution in [-0.4, -0.2) is 50.9 Å². The van der Waals surface area contributed by atoms with Crippen LogP contribution in [0.25, 0.3) is 16.9 Å². The number of pyridine rings is 1. The molecule has 8 heteroatoms. The molecule has 3 aliphatic rings. The van der Waals surface area contributed by atoms with Crippen LogP contribution in [0.1, 0.15) is 65.2 Å². The molecule has 1 saturated carbocycles. The molecule has 0 bridgehead atoms. The van der Waals surface area contributed by atoms with E-state index in [2.05, 4.69) is 19.1 Å². The number of carbonyl (C=O) groups excluding carboxylic acids is 1. The van der Waals surface area contributed by atoms with E-state index in [1.807, 2.05) is 44.7 Å². The number of rotatable bonds is 5. The second kappa shape index (κ2) is 9.47. The first-order chi connectivity index (χ1) is 19.4. The van der Waals surface area contributed by atoms with Crippen LogP contribution in [0.5, 0.6) is 0 Å². The lowest BCUT2D eigenvalue weighted by Gasteiger charge is -2.35. The minimum Gasteiger partial charge on any atom is -0.481 e. The molecule has 1 saturated heterocycles. The molecule has 2 aliphatic heterocycles. The molecule has 0 spiro atoms. The number of hydrogen-bond donors (Lipinski definition) is 1. The molecule has 0 radical (unpaired) electrons. The topological polar surface area (TPSA) is 78.2 Å². The third-order valence-electron chi connectivity index (χ3n) is 8.83. The molecule has 2 fully saturated rings. The van der Waals surface area contributed by atoms with Gasteiger partial charge >= 0.3 is 5.97 Å². The van der Waals surface area contributed by atoms with Crippen molar-refractivity contribution in [1.82, 2.24) is 14.3 Å². The van der Waals surface area contributed by atoms with Gasteiger partial charge < -0.3 is 19.3 Å². The molecule has 1 aliphatic carbocycles. The number of hydrogen-bond acceptors (Lipinski definition) is 4. The monoisotopic (exact) mass is 538 g/mol. The molecule has 2 aromatic heterocycles. The molecule has 1 unspecified atom stereocenters. The van der Waals surface area contributed by atoms with Gasteiger partial charge in [-0.1, -0.05) is 24.3 Å². The van der Waals surface area contributed by atoms with Crippen molar-refractivity contribution in [1.29, 1.82) is 0 Å². The maximum atomic E-state index is 15.4. The molecular formula is C32H31FN4O3. The number of aromatic nitrogens is 2. The first-order valence-electron chi connectivity index (χ1n) is 14.1. The van der Waals surface area contributed by atoms with E-state index in [9.17, 15) is 14.7 Å². The van der Waals surface area contributed by atoms with Crippen molar-refractivity contribution >= 4 is 23.2 Å². The van der Waals surface area contributed by atoms with Crippen molar-refractivity contribution in [3.8, 4) is 11.3 Å². The van der Waals surface area contributed by atoms with Gasteiger partial charge in [0.2, 0.25) is 0 Å². The highest BCUT2D eigenvalue weighted by molar-refractivity contribution is 5.95. The zero-order chi connectivity index (χ0) is 27.5. The Hall–Kier alpha value is -4.20. The van der Waals surface area contributed by atoms with Crippen molar-refractivity contribution < 1.29 is 19.1 Å². The first-order valence-corrected chi connectivity index (χ1v) is 14.1. The SMILES string of the molecule is C[C@@H]1c2ccccc2CCN1C(=O)c1cc(C2CC2)c2nc(-c3ccc(N4CCC(C(=O)O)C4)cc3F)cn2c1. The van der Waals surface area contributed by atoms with E-state index < -0.39 is 17.7 Å². The molecule has 2 atom stereocenters. The number of imidazole rings is 1. The molecule has 1 amide bonds. The van der Waals surface area contributed by atoms with E-state index in [-0.39, 0.29) is 11.9 Å². The van der Waals surface area contributed by atoms with Crippen LogP contribution in [-0.2, 0) is 11.2 Å². The largest absolute Gasteiger partial charge is 0.481 e. The number of anilines is 1. The number of nitrogens with zero attached hydrogens (tertiary/aromatic N) is 4. The van der Waals surface area contributed by atoms with Crippen molar-refractivity contribution in [2.75, 3.05) is 24.5 Å². The van der Waals surface area contributed by atoms with Crippen LogP contribution in [0.15, 0.2) is 60.9 Å². The second-order valence-corrected chi connectivity index (χ2v) is 11.4. The Morgan fingerprint density at radius 3 is 2.58 bits per heavy atom. The fraction of sp³-hybridized carbons (Fsp3) is 0.344. The Morgan fingerprint density at radius 2 is 1.82 bits per heavy atom. The predicted octanol–water partition coefficient (Wildman–Crippen LogP) is 5.69. The van der Waals surface area contributed by atoms with Crippen molar-refractivity contribution in [3.63, 3.8) is 0 Å². The number of fused-ring (bicyclic) bond motifs is 2. The lowest BCUT2D eigenvalue weighted by molar-refractivity contribution is -0.140. The Labute approximate surface area is 231 Å². The molecule has 40 heavy (non-hydrogen) atoms. The smallest absolute Gasteiger partial charge is 0.308 e. The van der Waals surface area contributed by atoms with E-state index in [0.29, 0.717) is 54.5 Å². The Morgan fingerprint density at radius 1 is 1.00 bits per heavy atom. The lowest BCUT2D eigenvalue weighted by Crippen LogP contribution is -2.39. The quantitative estimate of drug-likeness (QED) is 0.353. The van der Waals surface area contributed by atoms with Gasteiger partial charge in [0.1, 0.15) is 11.5 Å². The molecule has 7 rings (SSSR count). The highest BCUT2D eigenvalue weighted by Crippen LogP contribution is 2.43. The van der Waals surface area contributed by atoms with Gasteiger partial charge in [-0.05, 0) is 79.5 Å². The number of aliphatic carboxylic acids is 1. The number of carboxylic acid groups (broad SMARTS) is 1. The summed E-state index contributed by atoms with van der Waals surface area (Å²) in [6, 6.07) is 15.3. The highest BCUT2D eigenvalue weighted by atomic mass is 19.1. The molecule has 1 N–H and O–H groups in total. The summed E-state index contributed by atoms with van der Waals surface area (Å²) >= 11 is 0. The molecule has 4 heterocycles. The summed E-state index contributed by atoms with van der Waals surface area (Å²) in [7, 11) is 0. The van der Waals surface area contributed by atoms with E-state index >= 15 is 4.39 Å². The van der Waals surface area contributed by atoms with Gasteiger partial charge in [-0.25, -0.2) is 9.37 Å². The Kier molecular flexibility index (Phi) is 5.87. The Balaban J connectivity index is 1.21. The number of carbonyl (C=O) groups is 2. The number of benzene rings is 2. The van der Waals surface area contributed by atoms with Crippen LogP contribution in [0, 0.1) is 11.7 Å². The molecular weight excluding hydrogens is 507 g/mol. The zero-order valence-corrected chi connectivity index (χ0v) is 22.4. The number of halogens is 1. The third kappa shape index (κ3) is 4.22. The van der Waals surface area contributed by atoms with E-state index in [1.54, 1.807) is 12.3 Å². The molecule has 204 valence electrons. The molecule has 4 aromatic rings. The van der Waals surface area contributed by atoms with Gasteiger partial charge in [-0.15, -0.1) is 0 Å². The summed E-state index contributed by atoms with van der Waals surface area (Å²) in [4.78, 5) is 33.8. The first kappa shape index (κ1) is 24.8. The van der Waals surface area contributed by atoms with Crippen LogP contribution >= 0.6 is 0 Å². The summed E-state index contributed by atoms with van der Waals surface area (Å²) in [5.74, 6) is -1.28. The van der Waals surface area contributed by atoms with E-state index in [1.165, 1.54) is 17.2 Å². The van der Waals surface area contributed by atoms with Gasteiger partial charge in [0.05, 0.1) is 23.2 Å². The number of carboxylic acids is 1. The predicted molar refractivity (Wildman–Crippen MR) is 150 cm³/mol.